The summed E-state index contributed by atoms with van der Waals surface area (Å²) < 4.78 is 6.62. The second-order valence-electron chi connectivity index (χ2n) is 7.43. The van der Waals surface area contributed by atoms with Gasteiger partial charge in [-0.1, -0.05) is 47.1 Å². The first-order valence-electron chi connectivity index (χ1n) is 8.97. The van der Waals surface area contributed by atoms with Crippen molar-refractivity contribution in [2.24, 2.45) is 17.6 Å². The van der Waals surface area contributed by atoms with Crippen molar-refractivity contribution in [3.63, 3.8) is 0 Å². The molecule has 1 aliphatic heterocycles. The third kappa shape index (κ3) is 3.49. The molecule has 0 spiro atoms. The van der Waals surface area contributed by atoms with Crippen LogP contribution < -0.4 is 10.6 Å². The molecule has 2 aromatic rings. The number of piperidine rings is 1. The van der Waals surface area contributed by atoms with Gasteiger partial charge in [-0.15, -0.1) is 0 Å². The number of hydrogen-bond donors (Lipinski definition) is 1. The van der Waals surface area contributed by atoms with E-state index in [1.807, 2.05) is 17.0 Å². The maximum atomic E-state index is 11.3. The largest absolute Gasteiger partial charge is 0.369 e. The van der Waals surface area contributed by atoms with Crippen LogP contribution in [0.5, 0.6) is 0 Å². The number of hydrogen-bond acceptors (Lipinski definition) is 5. The molecule has 1 amide bonds. The van der Waals surface area contributed by atoms with Gasteiger partial charge >= 0.3 is 6.01 Å². The summed E-state index contributed by atoms with van der Waals surface area (Å²) in [7, 11) is 0. The molecular weight excluding hydrogens is 396 g/mol. The average Bonchev–Trinajstić information content (AvgIpc) is 3.12. The highest BCUT2D eigenvalue weighted by atomic mass is 79.9. The molecule has 1 fully saturated rings. The van der Waals surface area contributed by atoms with E-state index in [9.17, 15) is 4.79 Å². The second kappa shape index (κ2) is 7.39. The molecule has 1 aliphatic rings. The maximum absolute atomic E-state index is 11.3. The van der Waals surface area contributed by atoms with Gasteiger partial charge < -0.3 is 15.2 Å². The number of amides is 1. The van der Waals surface area contributed by atoms with Crippen LogP contribution in [0, 0.1) is 11.8 Å². The van der Waals surface area contributed by atoms with E-state index in [0.717, 1.165) is 22.9 Å². The van der Waals surface area contributed by atoms with E-state index in [1.54, 1.807) is 0 Å². The van der Waals surface area contributed by atoms with Gasteiger partial charge in [-0.2, -0.15) is 4.98 Å². The lowest BCUT2D eigenvalue weighted by molar-refractivity contribution is -0.122. The Morgan fingerprint density at radius 3 is 2.46 bits per heavy atom. The van der Waals surface area contributed by atoms with Gasteiger partial charge in [0.1, 0.15) is 0 Å². The first-order valence-corrected chi connectivity index (χ1v) is 9.76. The second-order valence-corrected chi connectivity index (χ2v) is 8.34. The molecule has 26 heavy (non-hydrogen) atoms. The van der Waals surface area contributed by atoms with Gasteiger partial charge in [-0.3, -0.25) is 4.79 Å². The summed E-state index contributed by atoms with van der Waals surface area (Å²) in [6.45, 7) is 7.87. The fourth-order valence-corrected chi connectivity index (χ4v) is 3.69. The molecule has 2 heterocycles. The van der Waals surface area contributed by atoms with Crippen LogP contribution >= 0.6 is 15.9 Å². The van der Waals surface area contributed by atoms with Crippen LogP contribution in [0.2, 0.25) is 0 Å². The zero-order chi connectivity index (χ0) is 18.9. The summed E-state index contributed by atoms with van der Waals surface area (Å²) in [4.78, 5) is 18.1. The molecule has 3 rings (SSSR count). The van der Waals surface area contributed by atoms with E-state index < -0.39 is 0 Å². The highest BCUT2D eigenvalue weighted by Gasteiger charge is 2.38. The number of benzene rings is 1. The van der Waals surface area contributed by atoms with E-state index in [1.165, 1.54) is 0 Å². The minimum absolute atomic E-state index is 0.0580. The third-order valence-electron chi connectivity index (χ3n) is 5.65. The van der Waals surface area contributed by atoms with Crippen molar-refractivity contribution < 1.29 is 9.32 Å². The van der Waals surface area contributed by atoms with Crippen LogP contribution in [0.4, 0.5) is 6.01 Å². The lowest BCUT2D eigenvalue weighted by atomic mass is 9.73. The van der Waals surface area contributed by atoms with Gasteiger partial charge in [0.15, 0.2) is 5.82 Å². The summed E-state index contributed by atoms with van der Waals surface area (Å²) in [6.07, 6.45) is 1.45. The van der Waals surface area contributed by atoms with E-state index in [-0.39, 0.29) is 23.2 Å². The molecule has 0 saturated carbocycles. The fourth-order valence-electron chi connectivity index (χ4n) is 3.43. The molecule has 1 saturated heterocycles. The van der Waals surface area contributed by atoms with Gasteiger partial charge in [0.25, 0.3) is 0 Å². The number of halogens is 1. The van der Waals surface area contributed by atoms with E-state index in [4.69, 9.17) is 15.2 Å². The van der Waals surface area contributed by atoms with Crippen molar-refractivity contribution in [1.82, 2.24) is 10.1 Å². The molecule has 0 radical (unpaired) electrons. The number of primary amides is 1. The Hall–Kier alpha value is -1.89. The monoisotopic (exact) mass is 420 g/mol. The fraction of sp³-hybridized carbons (Fsp3) is 0.526. The van der Waals surface area contributed by atoms with Crippen molar-refractivity contribution in [2.45, 2.75) is 39.0 Å². The number of rotatable bonds is 5. The third-order valence-corrected chi connectivity index (χ3v) is 6.17. The number of nitrogens with zero attached hydrogens (tertiary/aromatic N) is 3. The lowest BCUT2D eigenvalue weighted by Crippen LogP contribution is -2.38. The lowest BCUT2D eigenvalue weighted by Gasteiger charge is -2.31. The molecule has 1 atom stereocenters. The molecule has 2 N–H and O–H groups in total. The quantitative estimate of drug-likeness (QED) is 0.799. The number of aromatic nitrogens is 2. The van der Waals surface area contributed by atoms with E-state index in [0.29, 0.717) is 24.9 Å². The zero-order valence-electron chi connectivity index (χ0n) is 15.4. The smallest absolute Gasteiger partial charge is 0.324 e. The van der Waals surface area contributed by atoms with Crippen LogP contribution in [0.1, 0.15) is 45.0 Å². The van der Waals surface area contributed by atoms with Crippen LogP contribution in [-0.2, 0) is 10.2 Å². The van der Waals surface area contributed by atoms with Gasteiger partial charge in [-0.05, 0) is 43.4 Å². The molecular formula is C19H25BrN4O2. The minimum atomic E-state index is -0.353. The summed E-state index contributed by atoms with van der Waals surface area (Å²) in [6, 6.07) is 8.78. The molecule has 1 unspecified atom stereocenters. The van der Waals surface area contributed by atoms with Crippen LogP contribution in [0.3, 0.4) is 0 Å². The Labute approximate surface area is 162 Å². The number of nitrogens with two attached hydrogens (primary N) is 1. The Morgan fingerprint density at radius 2 is 1.92 bits per heavy atom. The number of carbonyl (C=O) groups excluding carboxylic acids is 1. The van der Waals surface area contributed by atoms with Crippen molar-refractivity contribution in [3.05, 3.63) is 40.1 Å². The first kappa shape index (κ1) is 18.9. The average molecular weight is 421 g/mol. The van der Waals surface area contributed by atoms with Crippen LogP contribution in [0.25, 0.3) is 0 Å². The molecule has 0 aliphatic carbocycles. The van der Waals surface area contributed by atoms with Crippen molar-refractivity contribution in [3.8, 4) is 0 Å². The molecule has 1 aromatic heterocycles. The Morgan fingerprint density at radius 1 is 1.31 bits per heavy atom. The van der Waals surface area contributed by atoms with Crippen LogP contribution in [0.15, 0.2) is 33.3 Å². The van der Waals surface area contributed by atoms with Gasteiger partial charge in [0, 0.05) is 23.5 Å². The Kier molecular flexibility index (Phi) is 5.37. The molecule has 0 bridgehead atoms. The standard InChI is InChI=1S/C19H25BrN4O2/c1-12(2)19(3,14-4-6-15(20)7-5-14)17-22-18(26-23-17)24-10-8-13(9-11-24)16(21)25/h4-7,12-13H,8-11H2,1-3H3,(H2,21,25). The Bertz CT molecular complexity index is 766. The van der Waals surface area contributed by atoms with E-state index >= 15 is 0 Å². The van der Waals surface area contributed by atoms with Gasteiger partial charge in [-0.25, -0.2) is 0 Å². The predicted molar refractivity (Wildman–Crippen MR) is 104 cm³/mol. The topological polar surface area (TPSA) is 85.3 Å². The van der Waals surface area contributed by atoms with Crippen molar-refractivity contribution >= 4 is 27.9 Å². The summed E-state index contributed by atoms with van der Waals surface area (Å²) in [5.74, 6) is 0.687. The number of carbonyl (C=O) groups is 1. The van der Waals surface area contributed by atoms with Crippen LogP contribution in [-0.4, -0.2) is 29.1 Å². The minimum Gasteiger partial charge on any atom is -0.369 e. The summed E-state index contributed by atoms with van der Waals surface area (Å²) >= 11 is 3.49. The summed E-state index contributed by atoms with van der Waals surface area (Å²) in [5.41, 5.74) is 6.20. The highest BCUT2D eigenvalue weighted by Crippen LogP contribution is 2.38. The van der Waals surface area contributed by atoms with Gasteiger partial charge in [0.05, 0.1) is 5.41 Å². The van der Waals surface area contributed by atoms with E-state index in [2.05, 4.69) is 54.0 Å². The molecule has 6 nitrogen and oxygen atoms in total. The SMILES string of the molecule is CC(C)C(C)(c1ccc(Br)cc1)c1noc(N2CCC(C(N)=O)CC2)n1. The Balaban J connectivity index is 1.85. The highest BCUT2D eigenvalue weighted by molar-refractivity contribution is 9.10. The molecule has 1 aromatic carbocycles. The predicted octanol–water partition coefficient (Wildman–Crippen LogP) is 3.50. The van der Waals surface area contributed by atoms with Crippen molar-refractivity contribution in [1.29, 1.82) is 0 Å². The van der Waals surface area contributed by atoms with Gasteiger partial charge in [0.2, 0.25) is 5.91 Å². The normalized spacial score (nSPS) is 18.1. The summed E-state index contributed by atoms with van der Waals surface area (Å²) in [5, 5.41) is 4.31. The maximum Gasteiger partial charge on any atom is 0.324 e. The first-order chi connectivity index (χ1) is 12.3. The number of anilines is 1. The zero-order valence-corrected chi connectivity index (χ0v) is 17.0. The molecule has 7 heteroatoms. The molecule has 140 valence electrons. The van der Waals surface area contributed by atoms with Crippen molar-refractivity contribution in [2.75, 3.05) is 18.0 Å².